The van der Waals surface area contributed by atoms with Crippen molar-refractivity contribution in [2.45, 2.75) is 12.3 Å². The second-order valence-corrected chi connectivity index (χ2v) is 6.60. The number of fused-ring (bicyclic) bond motifs is 1. The highest BCUT2D eigenvalue weighted by Crippen LogP contribution is 2.41. The maximum Gasteiger partial charge on any atom is 0.416 e. The van der Waals surface area contributed by atoms with Crippen molar-refractivity contribution in [3.8, 4) is 17.2 Å². The third kappa shape index (κ3) is 4.38. The molecule has 31 heavy (non-hydrogen) atoms. The lowest BCUT2D eigenvalue weighted by Gasteiger charge is -2.17. The number of hydrogen-bond acceptors (Lipinski definition) is 5. The second kappa shape index (κ2) is 8.76. The first-order valence-corrected chi connectivity index (χ1v) is 9.15. The van der Waals surface area contributed by atoms with E-state index in [2.05, 4.69) is 10.3 Å². The average molecular weight is 438 g/mol. The predicted octanol–water partition coefficient (Wildman–Crippen LogP) is 3.68. The van der Waals surface area contributed by atoms with Crippen LogP contribution in [0.15, 0.2) is 36.4 Å². The van der Waals surface area contributed by atoms with Crippen LogP contribution in [-0.4, -0.2) is 43.9 Å². The van der Waals surface area contributed by atoms with Crippen LogP contribution in [0, 0.1) is 0 Å². The van der Waals surface area contributed by atoms with Crippen molar-refractivity contribution in [2.75, 3.05) is 27.9 Å². The molecular formula is C21H21F3N2O5. The summed E-state index contributed by atoms with van der Waals surface area (Å²) in [5.41, 5.74) is -0.716. The number of halogens is 3. The molecule has 166 valence electrons. The van der Waals surface area contributed by atoms with Crippen molar-refractivity contribution >= 4 is 16.8 Å². The number of nitrogens with one attached hydrogen (secondary N) is 2. The Hall–Kier alpha value is -3.40. The van der Waals surface area contributed by atoms with Gasteiger partial charge in [0, 0.05) is 18.0 Å². The van der Waals surface area contributed by atoms with Gasteiger partial charge in [-0.05, 0) is 17.7 Å². The first-order chi connectivity index (χ1) is 14.7. The average Bonchev–Trinajstić information content (AvgIpc) is 3.20. The van der Waals surface area contributed by atoms with Crippen molar-refractivity contribution in [1.82, 2.24) is 10.3 Å². The normalized spacial score (nSPS) is 12.5. The molecule has 0 radical (unpaired) electrons. The quantitative estimate of drug-likeness (QED) is 0.524. The summed E-state index contributed by atoms with van der Waals surface area (Å²) >= 11 is 0. The third-order valence-electron chi connectivity index (χ3n) is 4.77. The van der Waals surface area contributed by atoms with Crippen molar-refractivity contribution in [3.63, 3.8) is 0 Å². The largest absolute Gasteiger partial charge is 0.496 e. The highest BCUT2D eigenvalue weighted by molar-refractivity contribution is 6.02. The molecule has 0 bridgehead atoms. The number of hydrogen-bond donors (Lipinski definition) is 3. The molecule has 7 nitrogen and oxygen atoms in total. The number of rotatable bonds is 7. The van der Waals surface area contributed by atoms with Gasteiger partial charge in [0.15, 0.2) is 11.5 Å². The van der Waals surface area contributed by atoms with Gasteiger partial charge in [-0.15, -0.1) is 0 Å². The zero-order valence-electron chi connectivity index (χ0n) is 17.0. The van der Waals surface area contributed by atoms with E-state index < -0.39 is 30.3 Å². The molecule has 1 heterocycles. The monoisotopic (exact) mass is 438 g/mol. The Morgan fingerprint density at radius 2 is 1.77 bits per heavy atom. The lowest BCUT2D eigenvalue weighted by molar-refractivity contribution is -0.139. The van der Waals surface area contributed by atoms with Crippen LogP contribution in [-0.2, 0) is 6.18 Å². The first kappa shape index (κ1) is 22.3. The highest BCUT2D eigenvalue weighted by Gasteiger charge is 2.34. The second-order valence-electron chi connectivity index (χ2n) is 6.60. The van der Waals surface area contributed by atoms with Gasteiger partial charge in [0.2, 0.25) is 0 Å². The Morgan fingerprint density at radius 3 is 2.39 bits per heavy atom. The van der Waals surface area contributed by atoms with Crippen LogP contribution in [0.1, 0.15) is 27.7 Å². The van der Waals surface area contributed by atoms with E-state index in [9.17, 15) is 23.1 Å². The van der Waals surface area contributed by atoms with Gasteiger partial charge in [0.25, 0.3) is 5.91 Å². The number of aromatic amines is 1. The molecule has 0 fully saturated rings. The van der Waals surface area contributed by atoms with E-state index in [4.69, 9.17) is 14.2 Å². The van der Waals surface area contributed by atoms with Crippen molar-refractivity contribution in [1.29, 1.82) is 0 Å². The van der Waals surface area contributed by atoms with Gasteiger partial charge in [0.1, 0.15) is 11.4 Å². The van der Waals surface area contributed by atoms with Gasteiger partial charge in [-0.3, -0.25) is 4.79 Å². The van der Waals surface area contributed by atoms with Crippen LogP contribution in [0.4, 0.5) is 13.2 Å². The molecular weight excluding hydrogens is 417 g/mol. The predicted molar refractivity (Wildman–Crippen MR) is 107 cm³/mol. The fourth-order valence-corrected chi connectivity index (χ4v) is 3.30. The third-order valence-corrected chi connectivity index (χ3v) is 4.77. The fraction of sp³-hybridized carbons (Fsp3) is 0.286. The molecule has 0 spiro atoms. The van der Waals surface area contributed by atoms with Gasteiger partial charge >= 0.3 is 6.18 Å². The van der Waals surface area contributed by atoms with Gasteiger partial charge in [-0.25, -0.2) is 0 Å². The molecule has 0 saturated heterocycles. The van der Waals surface area contributed by atoms with Crippen LogP contribution in [0.3, 0.4) is 0 Å². The molecule has 0 aliphatic heterocycles. The molecule has 0 aliphatic carbocycles. The Labute approximate surface area is 175 Å². The zero-order valence-corrected chi connectivity index (χ0v) is 17.0. The minimum absolute atomic E-state index is 0.108. The molecule has 1 unspecified atom stereocenters. The van der Waals surface area contributed by atoms with E-state index in [1.54, 1.807) is 6.07 Å². The number of amides is 1. The maximum atomic E-state index is 13.2. The topological polar surface area (TPSA) is 92.8 Å². The molecule has 1 amide bonds. The van der Waals surface area contributed by atoms with E-state index in [0.717, 1.165) is 6.07 Å². The van der Waals surface area contributed by atoms with Crippen LogP contribution in [0.2, 0.25) is 0 Å². The number of H-pyrrole nitrogens is 1. The van der Waals surface area contributed by atoms with Gasteiger partial charge < -0.3 is 29.6 Å². The summed E-state index contributed by atoms with van der Waals surface area (Å²) in [6.45, 7) is -0.418. The SMILES string of the molecule is COc1cc(OC)c2cc(C(=O)NCC(O)c3ccccc3C(F)(F)F)[nH]c2c1OC. The summed E-state index contributed by atoms with van der Waals surface area (Å²) in [4.78, 5) is 15.5. The maximum absolute atomic E-state index is 13.2. The number of carbonyl (C=O) groups excluding carboxylic acids is 1. The first-order valence-electron chi connectivity index (χ1n) is 9.15. The number of aliphatic hydroxyl groups excluding tert-OH is 1. The molecule has 3 aromatic rings. The summed E-state index contributed by atoms with van der Waals surface area (Å²) < 4.78 is 55.4. The summed E-state index contributed by atoms with van der Waals surface area (Å²) in [6, 6.07) is 7.79. The Bertz CT molecular complexity index is 1090. The number of ether oxygens (including phenoxy) is 3. The van der Waals surface area contributed by atoms with Crippen molar-refractivity contribution in [2.24, 2.45) is 0 Å². The number of methoxy groups -OCH3 is 3. The van der Waals surface area contributed by atoms with E-state index in [0.29, 0.717) is 28.2 Å². The number of carbonyl (C=O) groups is 1. The molecule has 1 atom stereocenters. The molecule has 1 aromatic heterocycles. The summed E-state index contributed by atoms with van der Waals surface area (Å²) in [5, 5.41) is 13.2. The smallest absolute Gasteiger partial charge is 0.416 e. The van der Waals surface area contributed by atoms with Crippen LogP contribution >= 0.6 is 0 Å². The minimum Gasteiger partial charge on any atom is -0.496 e. The van der Waals surface area contributed by atoms with Gasteiger partial charge in [0.05, 0.1) is 38.5 Å². The Kier molecular flexibility index (Phi) is 6.30. The summed E-state index contributed by atoms with van der Waals surface area (Å²) in [7, 11) is 4.36. The van der Waals surface area contributed by atoms with Crippen LogP contribution < -0.4 is 19.5 Å². The fourth-order valence-electron chi connectivity index (χ4n) is 3.30. The van der Waals surface area contributed by atoms with E-state index in [1.165, 1.54) is 45.6 Å². The standard InChI is InChI=1S/C21H21F3N2O5/c1-29-16-9-17(30-2)19(31-3)18-12(16)8-14(26-18)20(28)25-10-15(27)11-6-4-5-7-13(11)21(22,23)24/h4-9,15,26-27H,10H2,1-3H3,(H,25,28). The number of benzene rings is 2. The van der Waals surface area contributed by atoms with Crippen molar-refractivity contribution in [3.05, 3.63) is 53.2 Å². The Balaban J connectivity index is 1.85. The lowest BCUT2D eigenvalue weighted by atomic mass is 10.0. The van der Waals surface area contributed by atoms with E-state index in [1.807, 2.05) is 0 Å². The van der Waals surface area contributed by atoms with Crippen LogP contribution in [0.25, 0.3) is 10.9 Å². The molecule has 3 rings (SSSR count). The summed E-state index contributed by atoms with van der Waals surface area (Å²) in [5.74, 6) is 0.557. The van der Waals surface area contributed by atoms with E-state index >= 15 is 0 Å². The van der Waals surface area contributed by atoms with Gasteiger partial charge in [-0.1, -0.05) is 18.2 Å². The molecule has 10 heteroatoms. The number of alkyl halides is 3. The minimum atomic E-state index is -4.62. The van der Waals surface area contributed by atoms with E-state index in [-0.39, 0.29) is 11.3 Å². The molecule has 0 saturated carbocycles. The Morgan fingerprint density at radius 1 is 1.10 bits per heavy atom. The lowest BCUT2D eigenvalue weighted by Crippen LogP contribution is -2.29. The number of aromatic nitrogens is 1. The van der Waals surface area contributed by atoms with Crippen molar-refractivity contribution < 1.29 is 37.3 Å². The zero-order chi connectivity index (χ0) is 22.8. The highest BCUT2D eigenvalue weighted by atomic mass is 19.4. The number of aliphatic hydroxyl groups is 1. The molecule has 3 N–H and O–H groups in total. The molecule has 2 aromatic carbocycles. The van der Waals surface area contributed by atoms with Gasteiger partial charge in [-0.2, -0.15) is 13.2 Å². The molecule has 0 aliphatic rings. The van der Waals surface area contributed by atoms with Crippen LogP contribution in [0.5, 0.6) is 17.2 Å². The summed E-state index contributed by atoms with van der Waals surface area (Å²) in [6.07, 6.45) is -6.17.